The van der Waals surface area contributed by atoms with Crippen molar-refractivity contribution in [2.75, 3.05) is 0 Å². The highest BCUT2D eigenvalue weighted by molar-refractivity contribution is 5.69. The minimum Gasteiger partial charge on any atom is -0.481 e. The molecule has 4 atom stereocenters. The van der Waals surface area contributed by atoms with Crippen LogP contribution in [0.1, 0.15) is 33.1 Å². The van der Waals surface area contributed by atoms with Crippen LogP contribution in [0, 0.1) is 17.8 Å². The van der Waals surface area contributed by atoms with E-state index in [9.17, 15) is 9.90 Å². The van der Waals surface area contributed by atoms with E-state index in [-0.39, 0.29) is 17.9 Å². The van der Waals surface area contributed by atoms with Crippen molar-refractivity contribution in [2.45, 2.75) is 39.2 Å². The predicted octanol–water partition coefficient (Wildman–Crippen LogP) is 2.06. The van der Waals surface area contributed by atoms with E-state index in [0.29, 0.717) is 5.92 Å². The van der Waals surface area contributed by atoms with Crippen molar-refractivity contribution < 1.29 is 15.0 Å². The number of aliphatic hydroxyl groups excluding tert-OH is 1. The maximum absolute atomic E-state index is 10.8. The summed E-state index contributed by atoms with van der Waals surface area (Å²) >= 11 is 0. The van der Waals surface area contributed by atoms with Crippen LogP contribution in [0.25, 0.3) is 0 Å². The molecule has 0 saturated heterocycles. The molecule has 2 N–H and O–H groups in total. The van der Waals surface area contributed by atoms with Crippen LogP contribution in [0.2, 0.25) is 0 Å². The average molecular weight is 212 g/mol. The van der Waals surface area contributed by atoms with Crippen LogP contribution in [0.3, 0.4) is 0 Å². The van der Waals surface area contributed by atoms with Gasteiger partial charge < -0.3 is 10.2 Å². The van der Waals surface area contributed by atoms with Crippen molar-refractivity contribution >= 4 is 5.97 Å². The number of allylic oxidation sites excluding steroid dienone is 1. The molecule has 0 aromatic carbocycles. The van der Waals surface area contributed by atoms with Gasteiger partial charge in [0.05, 0.1) is 12.0 Å². The van der Waals surface area contributed by atoms with Crippen LogP contribution in [0.4, 0.5) is 0 Å². The zero-order valence-corrected chi connectivity index (χ0v) is 9.39. The monoisotopic (exact) mass is 212 g/mol. The third-order valence-electron chi connectivity index (χ3n) is 3.36. The quantitative estimate of drug-likeness (QED) is 0.701. The van der Waals surface area contributed by atoms with Crippen molar-refractivity contribution in [1.82, 2.24) is 0 Å². The van der Waals surface area contributed by atoms with Gasteiger partial charge in [0.25, 0.3) is 0 Å². The molecule has 0 aliphatic heterocycles. The van der Waals surface area contributed by atoms with Crippen LogP contribution < -0.4 is 0 Å². The van der Waals surface area contributed by atoms with Gasteiger partial charge in [-0.15, -0.1) is 0 Å². The largest absolute Gasteiger partial charge is 0.481 e. The Balaban J connectivity index is 2.41. The number of aliphatic hydroxyl groups is 1. The van der Waals surface area contributed by atoms with Crippen LogP contribution in [0.15, 0.2) is 12.2 Å². The number of carboxylic acid groups (broad SMARTS) is 1. The van der Waals surface area contributed by atoms with Gasteiger partial charge in [0.1, 0.15) is 0 Å². The minimum atomic E-state index is -0.720. The molecular weight excluding hydrogens is 192 g/mol. The molecule has 0 heterocycles. The smallest absolute Gasteiger partial charge is 0.306 e. The van der Waals surface area contributed by atoms with Gasteiger partial charge in [-0.05, 0) is 31.1 Å². The first kappa shape index (κ1) is 12.2. The van der Waals surface area contributed by atoms with Gasteiger partial charge in [-0.25, -0.2) is 0 Å². The summed E-state index contributed by atoms with van der Waals surface area (Å²) in [4.78, 5) is 10.8. The van der Waals surface area contributed by atoms with E-state index in [1.54, 1.807) is 6.92 Å². The number of carbonyl (C=O) groups is 1. The fraction of sp³-hybridized carbons (Fsp3) is 0.750. The van der Waals surface area contributed by atoms with E-state index in [2.05, 4.69) is 0 Å². The first-order valence-electron chi connectivity index (χ1n) is 5.60. The molecule has 0 amide bonds. The molecule has 3 nitrogen and oxygen atoms in total. The van der Waals surface area contributed by atoms with Gasteiger partial charge in [-0.3, -0.25) is 4.79 Å². The first-order valence-corrected chi connectivity index (χ1v) is 5.60. The van der Waals surface area contributed by atoms with Crippen molar-refractivity contribution in [1.29, 1.82) is 0 Å². The average Bonchev–Trinajstić information content (AvgIpc) is 2.20. The molecule has 1 aliphatic rings. The summed E-state index contributed by atoms with van der Waals surface area (Å²) in [6.07, 6.45) is 6.22. The Morgan fingerprint density at radius 1 is 1.40 bits per heavy atom. The summed E-state index contributed by atoms with van der Waals surface area (Å²) in [7, 11) is 0. The van der Waals surface area contributed by atoms with Gasteiger partial charge in [0, 0.05) is 0 Å². The molecule has 1 rings (SSSR count). The highest BCUT2D eigenvalue weighted by Gasteiger charge is 2.23. The second-order valence-corrected chi connectivity index (χ2v) is 4.63. The molecular formula is C12H20O3. The Morgan fingerprint density at radius 3 is 2.53 bits per heavy atom. The third-order valence-corrected chi connectivity index (χ3v) is 3.36. The highest BCUT2D eigenvalue weighted by atomic mass is 16.4. The van der Waals surface area contributed by atoms with Crippen LogP contribution >= 0.6 is 0 Å². The SMILES string of the molecule is CC(CC1C=CC(O)CC1)C(C)C(=O)O. The van der Waals surface area contributed by atoms with Gasteiger partial charge in [-0.1, -0.05) is 26.0 Å². The zero-order valence-electron chi connectivity index (χ0n) is 9.39. The Labute approximate surface area is 90.8 Å². The summed E-state index contributed by atoms with van der Waals surface area (Å²) < 4.78 is 0. The Kier molecular flexibility index (Phi) is 4.33. The van der Waals surface area contributed by atoms with E-state index < -0.39 is 5.97 Å². The zero-order chi connectivity index (χ0) is 11.4. The fourth-order valence-corrected chi connectivity index (χ4v) is 1.98. The Bertz CT molecular complexity index is 247. The summed E-state index contributed by atoms with van der Waals surface area (Å²) in [5, 5.41) is 18.1. The number of hydrogen-bond donors (Lipinski definition) is 2. The van der Waals surface area contributed by atoms with E-state index in [0.717, 1.165) is 19.3 Å². The number of hydrogen-bond acceptors (Lipinski definition) is 2. The summed E-state index contributed by atoms with van der Waals surface area (Å²) in [6.45, 7) is 3.74. The van der Waals surface area contributed by atoms with Gasteiger partial charge in [0.15, 0.2) is 0 Å². The summed E-state index contributed by atoms with van der Waals surface area (Å²) in [5.41, 5.74) is 0. The van der Waals surface area contributed by atoms with Gasteiger partial charge >= 0.3 is 5.97 Å². The molecule has 3 heteroatoms. The van der Waals surface area contributed by atoms with Crippen LogP contribution in [-0.4, -0.2) is 22.3 Å². The van der Waals surface area contributed by atoms with E-state index in [4.69, 9.17) is 5.11 Å². The third kappa shape index (κ3) is 3.67. The molecule has 0 fully saturated rings. The lowest BCUT2D eigenvalue weighted by Gasteiger charge is -2.24. The lowest BCUT2D eigenvalue weighted by molar-refractivity contribution is -0.142. The normalized spacial score (nSPS) is 29.8. The molecule has 4 unspecified atom stereocenters. The van der Waals surface area contributed by atoms with Crippen LogP contribution in [-0.2, 0) is 4.79 Å². The molecule has 0 radical (unpaired) electrons. The highest BCUT2D eigenvalue weighted by Crippen LogP contribution is 2.27. The molecule has 0 spiro atoms. The number of aliphatic carboxylic acids is 1. The maximum atomic E-state index is 10.8. The lowest BCUT2D eigenvalue weighted by Crippen LogP contribution is -2.22. The minimum absolute atomic E-state index is 0.187. The van der Waals surface area contributed by atoms with Crippen LogP contribution in [0.5, 0.6) is 0 Å². The molecule has 0 aromatic heterocycles. The van der Waals surface area contributed by atoms with Gasteiger partial charge in [-0.2, -0.15) is 0 Å². The lowest BCUT2D eigenvalue weighted by atomic mass is 9.82. The Morgan fingerprint density at radius 2 is 2.07 bits per heavy atom. The van der Waals surface area contributed by atoms with Crippen molar-refractivity contribution in [3.8, 4) is 0 Å². The van der Waals surface area contributed by atoms with E-state index in [1.807, 2.05) is 19.1 Å². The molecule has 0 bridgehead atoms. The van der Waals surface area contributed by atoms with Crippen molar-refractivity contribution in [2.24, 2.45) is 17.8 Å². The summed E-state index contributed by atoms with van der Waals surface area (Å²) in [6, 6.07) is 0. The predicted molar refractivity (Wildman–Crippen MR) is 58.5 cm³/mol. The van der Waals surface area contributed by atoms with E-state index in [1.165, 1.54) is 0 Å². The second-order valence-electron chi connectivity index (χ2n) is 4.63. The molecule has 0 aromatic rings. The Hall–Kier alpha value is -0.830. The maximum Gasteiger partial charge on any atom is 0.306 e. The topological polar surface area (TPSA) is 57.5 Å². The standard InChI is InChI=1S/C12H20O3/c1-8(9(2)12(14)15)7-10-3-5-11(13)6-4-10/h3,5,8-11,13H,4,6-7H2,1-2H3,(H,14,15). The number of carboxylic acids is 1. The number of rotatable bonds is 4. The fourth-order valence-electron chi connectivity index (χ4n) is 1.98. The molecule has 86 valence electrons. The molecule has 15 heavy (non-hydrogen) atoms. The first-order chi connectivity index (χ1) is 7.00. The second kappa shape index (κ2) is 5.31. The van der Waals surface area contributed by atoms with Crippen molar-refractivity contribution in [3.63, 3.8) is 0 Å². The van der Waals surface area contributed by atoms with Gasteiger partial charge in [0.2, 0.25) is 0 Å². The molecule has 1 aliphatic carbocycles. The van der Waals surface area contributed by atoms with E-state index >= 15 is 0 Å². The molecule has 0 saturated carbocycles. The van der Waals surface area contributed by atoms with Crippen molar-refractivity contribution in [3.05, 3.63) is 12.2 Å². The summed E-state index contributed by atoms with van der Waals surface area (Å²) in [5.74, 6) is -0.384.